The minimum atomic E-state index is -1.04. The Morgan fingerprint density at radius 3 is 2.46 bits per heavy atom. The quantitative estimate of drug-likeness (QED) is 0.728. The van der Waals surface area contributed by atoms with Gasteiger partial charge in [0.25, 0.3) is 0 Å². The molecule has 0 aliphatic heterocycles. The second-order valence-electron chi connectivity index (χ2n) is 6.88. The maximum atomic E-state index is 12.3. The van der Waals surface area contributed by atoms with E-state index < -0.39 is 23.2 Å². The summed E-state index contributed by atoms with van der Waals surface area (Å²) in [7, 11) is 0. The van der Waals surface area contributed by atoms with Gasteiger partial charge in [-0.2, -0.15) is 0 Å². The number of carboxylic acid groups (broad SMARTS) is 1. The van der Waals surface area contributed by atoms with Crippen molar-refractivity contribution in [2.75, 3.05) is 0 Å². The fraction of sp³-hybridized carbons (Fsp3) is 0.421. The lowest BCUT2D eigenvalue weighted by molar-refractivity contribution is -0.154. The summed E-state index contributed by atoms with van der Waals surface area (Å²) in [6, 6.07) is 7.27. The van der Waals surface area contributed by atoms with Crippen LogP contribution in [-0.2, 0) is 9.59 Å². The molecule has 1 fully saturated rings. The highest BCUT2D eigenvalue weighted by molar-refractivity contribution is 5.99. The molecule has 3 rings (SSSR count). The van der Waals surface area contributed by atoms with Crippen LogP contribution in [0.15, 0.2) is 28.7 Å². The molecule has 0 unspecified atom stereocenters. The second kappa shape index (κ2) is 7.19. The van der Waals surface area contributed by atoms with Crippen LogP contribution in [0, 0.1) is 12.3 Å². The standard InChI is InChI=1S/C19H22N2O5/c1-12-13-7-3-4-8-14(13)26-16(12)17(23)21-20-15(22)11-19(18(24)25)9-5-2-6-10-19/h3-4,7-8H,2,5-6,9-11H2,1H3,(H,20,22)(H,21,23)(H,24,25). The summed E-state index contributed by atoms with van der Waals surface area (Å²) in [5, 5.41) is 10.4. The molecule has 0 radical (unpaired) electrons. The van der Waals surface area contributed by atoms with Gasteiger partial charge in [-0.05, 0) is 25.8 Å². The molecule has 2 amide bonds. The molecule has 7 heteroatoms. The van der Waals surface area contributed by atoms with Crippen molar-refractivity contribution < 1.29 is 23.9 Å². The zero-order valence-electron chi connectivity index (χ0n) is 14.6. The van der Waals surface area contributed by atoms with Gasteiger partial charge in [-0.25, -0.2) is 0 Å². The number of furan rings is 1. The molecule has 0 saturated heterocycles. The third-order valence-corrected chi connectivity index (χ3v) is 5.13. The third-order valence-electron chi connectivity index (χ3n) is 5.13. The molecular formula is C19H22N2O5. The number of fused-ring (bicyclic) bond motifs is 1. The first kappa shape index (κ1) is 18.0. The van der Waals surface area contributed by atoms with Gasteiger partial charge >= 0.3 is 11.9 Å². The Morgan fingerprint density at radius 2 is 1.81 bits per heavy atom. The molecule has 0 atom stereocenters. The van der Waals surface area contributed by atoms with E-state index >= 15 is 0 Å². The van der Waals surface area contributed by atoms with Crippen LogP contribution in [0.4, 0.5) is 0 Å². The topological polar surface area (TPSA) is 109 Å². The van der Waals surface area contributed by atoms with Crippen molar-refractivity contribution in [3.05, 3.63) is 35.6 Å². The number of rotatable bonds is 4. The number of aryl methyl sites for hydroxylation is 1. The Hall–Kier alpha value is -2.83. The lowest BCUT2D eigenvalue weighted by atomic mass is 9.72. The molecule has 138 valence electrons. The van der Waals surface area contributed by atoms with Crippen LogP contribution < -0.4 is 10.9 Å². The predicted octanol–water partition coefficient (Wildman–Crippen LogP) is 2.93. The Morgan fingerprint density at radius 1 is 1.12 bits per heavy atom. The van der Waals surface area contributed by atoms with Crippen molar-refractivity contribution >= 4 is 28.8 Å². The molecule has 0 spiro atoms. The largest absolute Gasteiger partial charge is 0.481 e. The monoisotopic (exact) mass is 358 g/mol. The summed E-state index contributed by atoms with van der Waals surface area (Å²) in [4.78, 5) is 36.1. The van der Waals surface area contributed by atoms with Gasteiger partial charge < -0.3 is 9.52 Å². The van der Waals surface area contributed by atoms with Crippen molar-refractivity contribution in [2.24, 2.45) is 5.41 Å². The number of hydrazine groups is 1. The van der Waals surface area contributed by atoms with E-state index in [0.29, 0.717) is 24.0 Å². The number of benzene rings is 1. The summed E-state index contributed by atoms with van der Waals surface area (Å²) in [5.41, 5.74) is 4.87. The SMILES string of the molecule is Cc1c(C(=O)NNC(=O)CC2(C(=O)O)CCCCC2)oc2ccccc12. The number of carboxylic acids is 1. The molecule has 1 aliphatic carbocycles. The number of hydrogen-bond donors (Lipinski definition) is 3. The zero-order chi connectivity index (χ0) is 18.7. The summed E-state index contributed by atoms with van der Waals surface area (Å²) in [5.74, 6) is -1.92. The fourth-order valence-corrected chi connectivity index (χ4v) is 3.62. The number of carbonyl (C=O) groups is 3. The van der Waals surface area contributed by atoms with Crippen LogP contribution in [0.3, 0.4) is 0 Å². The maximum absolute atomic E-state index is 12.3. The van der Waals surface area contributed by atoms with Crippen molar-refractivity contribution in [1.29, 1.82) is 0 Å². The normalized spacial score (nSPS) is 16.2. The van der Waals surface area contributed by atoms with E-state index in [9.17, 15) is 19.5 Å². The van der Waals surface area contributed by atoms with Gasteiger partial charge in [0.2, 0.25) is 5.91 Å². The molecule has 2 aromatic rings. The lowest BCUT2D eigenvalue weighted by Gasteiger charge is -2.32. The van der Waals surface area contributed by atoms with Crippen molar-refractivity contribution in [2.45, 2.75) is 45.4 Å². The molecular weight excluding hydrogens is 336 g/mol. The van der Waals surface area contributed by atoms with Crippen LogP contribution in [0.5, 0.6) is 0 Å². The molecule has 1 aromatic heterocycles. The molecule has 0 bridgehead atoms. The van der Waals surface area contributed by atoms with E-state index in [-0.39, 0.29) is 12.2 Å². The maximum Gasteiger partial charge on any atom is 0.310 e. The lowest BCUT2D eigenvalue weighted by Crippen LogP contribution is -2.45. The van der Waals surface area contributed by atoms with Gasteiger partial charge in [0.15, 0.2) is 5.76 Å². The summed E-state index contributed by atoms with van der Waals surface area (Å²) in [6.45, 7) is 1.77. The molecule has 1 heterocycles. The minimum absolute atomic E-state index is 0.122. The summed E-state index contributed by atoms with van der Waals surface area (Å²) >= 11 is 0. The van der Waals surface area contributed by atoms with Gasteiger partial charge in [0, 0.05) is 17.4 Å². The molecule has 3 N–H and O–H groups in total. The van der Waals surface area contributed by atoms with Crippen LogP contribution in [-0.4, -0.2) is 22.9 Å². The second-order valence-corrected chi connectivity index (χ2v) is 6.88. The molecule has 1 aliphatic rings. The van der Waals surface area contributed by atoms with Gasteiger partial charge in [-0.15, -0.1) is 0 Å². The molecule has 1 saturated carbocycles. The highest BCUT2D eigenvalue weighted by Gasteiger charge is 2.41. The number of hydrogen-bond acceptors (Lipinski definition) is 4. The smallest absolute Gasteiger partial charge is 0.310 e. The predicted molar refractivity (Wildman–Crippen MR) is 94.3 cm³/mol. The van der Waals surface area contributed by atoms with E-state index in [1.165, 1.54) is 0 Å². The minimum Gasteiger partial charge on any atom is -0.481 e. The molecule has 1 aromatic carbocycles. The molecule has 26 heavy (non-hydrogen) atoms. The Balaban J connectivity index is 1.64. The molecule has 7 nitrogen and oxygen atoms in total. The van der Waals surface area contributed by atoms with E-state index in [1.54, 1.807) is 13.0 Å². The summed E-state index contributed by atoms with van der Waals surface area (Å²) in [6.07, 6.45) is 3.38. The Labute approximate surface area is 150 Å². The average Bonchev–Trinajstić information content (AvgIpc) is 2.97. The average molecular weight is 358 g/mol. The first-order chi connectivity index (χ1) is 12.4. The first-order valence-corrected chi connectivity index (χ1v) is 8.74. The van der Waals surface area contributed by atoms with E-state index in [0.717, 1.165) is 24.6 Å². The van der Waals surface area contributed by atoms with Crippen LogP contribution in [0.25, 0.3) is 11.0 Å². The Kier molecular flexibility index (Phi) is 4.97. The van der Waals surface area contributed by atoms with Crippen LogP contribution in [0.2, 0.25) is 0 Å². The third kappa shape index (κ3) is 3.42. The van der Waals surface area contributed by atoms with Crippen molar-refractivity contribution in [3.8, 4) is 0 Å². The Bertz CT molecular complexity index is 849. The van der Waals surface area contributed by atoms with Gasteiger partial charge in [0.1, 0.15) is 5.58 Å². The van der Waals surface area contributed by atoms with Gasteiger partial charge in [-0.3, -0.25) is 25.2 Å². The zero-order valence-corrected chi connectivity index (χ0v) is 14.6. The number of para-hydroxylation sites is 1. The van der Waals surface area contributed by atoms with Crippen molar-refractivity contribution in [3.63, 3.8) is 0 Å². The number of nitrogens with one attached hydrogen (secondary N) is 2. The van der Waals surface area contributed by atoms with Gasteiger partial charge in [0.05, 0.1) is 5.41 Å². The highest BCUT2D eigenvalue weighted by Crippen LogP contribution is 2.39. The van der Waals surface area contributed by atoms with Crippen LogP contribution >= 0.6 is 0 Å². The van der Waals surface area contributed by atoms with Crippen LogP contribution in [0.1, 0.15) is 54.6 Å². The van der Waals surface area contributed by atoms with E-state index in [2.05, 4.69) is 10.9 Å². The number of aliphatic carboxylic acids is 1. The summed E-state index contributed by atoms with van der Waals surface area (Å²) < 4.78 is 5.54. The van der Waals surface area contributed by atoms with E-state index in [1.807, 2.05) is 18.2 Å². The first-order valence-electron chi connectivity index (χ1n) is 8.74. The van der Waals surface area contributed by atoms with Gasteiger partial charge in [-0.1, -0.05) is 37.5 Å². The van der Waals surface area contributed by atoms with Crippen molar-refractivity contribution in [1.82, 2.24) is 10.9 Å². The number of carbonyl (C=O) groups excluding carboxylic acids is 2. The fourth-order valence-electron chi connectivity index (χ4n) is 3.62. The van der Waals surface area contributed by atoms with E-state index in [4.69, 9.17) is 4.42 Å². The number of amides is 2. The highest BCUT2D eigenvalue weighted by atomic mass is 16.4.